The van der Waals surface area contributed by atoms with E-state index < -0.39 is 0 Å². The minimum Gasteiger partial charge on any atom is -0.327 e. The number of likely N-dealkylation sites (N-methyl/N-ethyl adjacent to an activating group) is 1. The monoisotopic (exact) mass is 197 g/mol. The van der Waals surface area contributed by atoms with Gasteiger partial charge in [0, 0.05) is 25.2 Å². The van der Waals surface area contributed by atoms with Crippen molar-refractivity contribution >= 4 is 0 Å². The van der Waals surface area contributed by atoms with Crippen molar-refractivity contribution < 1.29 is 0 Å². The average Bonchev–Trinajstić information content (AvgIpc) is 2.57. The van der Waals surface area contributed by atoms with Crippen LogP contribution in [0.4, 0.5) is 0 Å². The van der Waals surface area contributed by atoms with Crippen LogP contribution < -0.4 is 5.73 Å². The molecule has 0 saturated carbocycles. The maximum absolute atomic E-state index is 6.03. The van der Waals surface area contributed by atoms with E-state index in [1.165, 1.54) is 39.0 Å². The lowest BCUT2D eigenvalue weighted by atomic mass is 9.93. The third kappa shape index (κ3) is 2.10. The van der Waals surface area contributed by atoms with E-state index in [-0.39, 0.29) is 0 Å². The molecule has 14 heavy (non-hydrogen) atoms. The first-order valence-corrected chi connectivity index (χ1v) is 5.85. The number of piperidine rings is 1. The molecule has 0 radical (unpaired) electrons. The molecular formula is C11H23N3. The lowest BCUT2D eigenvalue weighted by molar-refractivity contribution is 0.119. The molecule has 2 aliphatic rings. The predicted octanol–water partition coefficient (Wildman–Crippen LogP) is 0.360. The van der Waals surface area contributed by atoms with E-state index in [1.54, 1.807) is 0 Å². The van der Waals surface area contributed by atoms with Gasteiger partial charge in [-0.25, -0.2) is 0 Å². The van der Waals surface area contributed by atoms with Crippen LogP contribution in [-0.2, 0) is 0 Å². The van der Waals surface area contributed by atoms with E-state index in [0.717, 1.165) is 6.04 Å². The Labute approximate surface area is 87.2 Å². The van der Waals surface area contributed by atoms with Crippen molar-refractivity contribution in [2.24, 2.45) is 11.7 Å². The Kier molecular flexibility index (Phi) is 3.10. The molecule has 3 atom stereocenters. The van der Waals surface area contributed by atoms with E-state index in [1.807, 2.05) is 0 Å². The summed E-state index contributed by atoms with van der Waals surface area (Å²) < 4.78 is 0. The van der Waals surface area contributed by atoms with Crippen LogP contribution in [0.25, 0.3) is 0 Å². The standard InChI is InChI=1S/C11H23N3/c1-9-7-14(6-4-11(9)12)10-3-5-13(2)8-10/h9-11H,3-8,12H2,1-2H3. The minimum atomic E-state index is 0.436. The van der Waals surface area contributed by atoms with Crippen LogP contribution in [-0.4, -0.2) is 55.1 Å². The molecule has 2 rings (SSSR count). The molecule has 0 amide bonds. The van der Waals surface area contributed by atoms with E-state index in [9.17, 15) is 0 Å². The highest BCUT2D eigenvalue weighted by molar-refractivity contribution is 4.88. The molecule has 0 aromatic rings. The number of likely N-dealkylation sites (tertiary alicyclic amines) is 2. The van der Waals surface area contributed by atoms with Gasteiger partial charge in [-0.3, -0.25) is 4.90 Å². The third-order valence-corrected chi connectivity index (χ3v) is 3.89. The molecule has 0 aromatic carbocycles. The Bertz CT molecular complexity index is 195. The largest absolute Gasteiger partial charge is 0.327 e. The van der Waals surface area contributed by atoms with Crippen LogP contribution in [0, 0.1) is 5.92 Å². The Morgan fingerprint density at radius 2 is 1.93 bits per heavy atom. The molecule has 3 heteroatoms. The summed E-state index contributed by atoms with van der Waals surface area (Å²) in [6, 6.07) is 1.24. The van der Waals surface area contributed by atoms with Gasteiger partial charge in [-0.2, -0.15) is 0 Å². The van der Waals surface area contributed by atoms with Gasteiger partial charge in [-0.1, -0.05) is 6.92 Å². The van der Waals surface area contributed by atoms with Crippen molar-refractivity contribution in [1.29, 1.82) is 0 Å². The van der Waals surface area contributed by atoms with Gasteiger partial charge in [0.05, 0.1) is 0 Å². The van der Waals surface area contributed by atoms with Crippen molar-refractivity contribution in [2.45, 2.75) is 31.8 Å². The van der Waals surface area contributed by atoms with E-state index in [2.05, 4.69) is 23.8 Å². The predicted molar refractivity (Wildman–Crippen MR) is 59.2 cm³/mol. The van der Waals surface area contributed by atoms with Gasteiger partial charge < -0.3 is 10.6 Å². The van der Waals surface area contributed by atoms with Crippen molar-refractivity contribution in [3.63, 3.8) is 0 Å². The second-order valence-electron chi connectivity index (χ2n) is 5.13. The highest BCUT2D eigenvalue weighted by Gasteiger charge is 2.30. The first kappa shape index (κ1) is 10.4. The summed E-state index contributed by atoms with van der Waals surface area (Å²) >= 11 is 0. The number of hydrogen-bond acceptors (Lipinski definition) is 3. The topological polar surface area (TPSA) is 32.5 Å². The van der Waals surface area contributed by atoms with Crippen LogP contribution in [0.5, 0.6) is 0 Å². The highest BCUT2D eigenvalue weighted by Crippen LogP contribution is 2.21. The van der Waals surface area contributed by atoms with Crippen LogP contribution in [0.3, 0.4) is 0 Å². The summed E-state index contributed by atoms with van der Waals surface area (Å²) in [7, 11) is 2.22. The zero-order chi connectivity index (χ0) is 10.1. The Balaban J connectivity index is 1.87. The van der Waals surface area contributed by atoms with Gasteiger partial charge in [-0.05, 0) is 38.9 Å². The highest BCUT2D eigenvalue weighted by atomic mass is 15.2. The zero-order valence-corrected chi connectivity index (χ0v) is 9.45. The van der Waals surface area contributed by atoms with Crippen LogP contribution in [0.15, 0.2) is 0 Å². The summed E-state index contributed by atoms with van der Waals surface area (Å²) in [5, 5.41) is 0. The van der Waals surface area contributed by atoms with Gasteiger partial charge in [0.15, 0.2) is 0 Å². The summed E-state index contributed by atoms with van der Waals surface area (Å²) in [6.07, 6.45) is 2.53. The van der Waals surface area contributed by atoms with Crippen LogP contribution >= 0.6 is 0 Å². The SMILES string of the molecule is CC1CN(C2CCN(C)C2)CCC1N. The number of hydrogen-bond donors (Lipinski definition) is 1. The summed E-state index contributed by atoms with van der Waals surface area (Å²) in [5.74, 6) is 0.676. The van der Waals surface area contributed by atoms with Crippen molar-refractivity contribution in [3.05, 3.63) is 0 Å². The van der Waals surface area contributed by atoms with Crippen molar-refractivity contribution in [2.75, 3.05) is 33.2 Å². The Morgan fingerprint density at radius 1 is 1.14 bits per heavy atom. The Hall–Kier alpha value is -0.120. The number of nitrogens with two attached hydrogens (primary N) is 1. The summed E-state index contributed by atoms with van der Waals surface area (Å²) in [6.45, 7) is 7.22. The average molecular weight is 197 g/mol. The molecule has 2 N–H and O–H groups in total. The van der Waals surface area contributed by atoms with E-state index >= 15 is 0 Å². The molecule has 82 valence electrons. The third-order valence-electron chi connectivity index (χ3n) is 3.89. The van der Waals surface area contributed by atoms with Crippen molar-refractivity contribution in [3.8, 4) is 0 Å². The maximum atomic E-state index is 6.03. The normalized spacial score (nSPS) is 41.8. The first-order chi connectivity index (χ1) is 6.66. The van der Waals surface area contributed by atoms with Gasteiger partial charge >= 0.3 is 0 Å². The van der Waals surface area contributed by atoms with Gasteiger partial charge in [0.25, 0.3) is 0 Å². The maximum Gasteiger partial charge on any atom is 0.0235 e. The summed E-state index contributed by atoms with van der Waals surface area (Å²) in [4.78, 5) is 5.08. The molecule has 2 heterocycles. The number of rotatable bonds is 1. The second kappa shape index (κ2) is 4.17. The van der Waals surface area contributed by atoms with E-state index in [4.69, 9.17) is 5.73 Å². The molecule has 3 unspecified atom stereocenters. The van der Waals surface area contributed by atoms with Gasteiger partial charge in [-0.15, -0.1) is 0 Å². The fourth-order valence-corrected chi connectivity index (χ4v) is 2.74. The van der Waals surface area contributed by atoms with E-state index in [0.29, 0.717) is 12.0 Å². The smallest absolute Gasteiger partial charge is 0.0235 e. The van der Waals surface area contributed by atoms with Crippen molar-refractivity contribution in [1.82, 2.24) is 9.80 Å². The molecule has 0 bridgehead atoms. The molecular weight excluding hydrogens is 174 g/mol. The molecule has 2 fully saturated rings. The lowest BCUT2D eigenvalue weighted by Crippen LogP contribution is -2.50. The fourth-order valence-electron chi connectivity index (χ4n) is 2.74. The lowest BCUT2D eigenvalue weighted by Gasteiger charge is -2.38. The van der Waals surface area contributed by atoms with Gasteiger partial charge in [0.2, 0.25) is 0 Å². The number of nitrogens with zero attached hydrogens (tertiary/aromatic N) is 2. The van der Waals surface area contributed by atoms with Crippen LogP contribution in [0.1, 0.15) is 19.8 Å². The molecule has 3 nitrogen and oxygen atoms in total. The van der Waals surface area contributed by atoms with Gasteiger partial charge in [0.1, 0.15) is 0 Å². The molecule has 0 spiro atoms. The molecule has 2 aliphatic heterocycles. The molecule has 2 saturated heterocycles. The zero-order valence-electron chi connectivity index (χ0n) is 9.45. The van der Waals surface area contributed by atoms with Crippen LogP contribution in [0.2, 0.25) is 0 Å². The summed E-state index contributed by atoms with van der Waals surface area (Å²) in [5.41, 5.74) is 6.03. The molecule has 0 aliphatic carbocycles. The first-order valence-electron chi connectivity index (χ1n) is 5.85. The Morgan fingerprint density at radius 3 is 2.50 bits per heavy atom. The fraction of sp³-hybridized carbons (Fsp3) is 1.00. The molecule has 0 aromatic heterocycles. The quantitative estimate of drug-likeness (QED) is 0.659. The second-order valence-corrected chi connectivity index (χ2v) is 5.13. The minimum absolute atomic E-state index is 0.436.